The maximum atomic E-state index is 11.0. The quantitative estimate of drug-likeness (QED) is 0.579. The van der Waals surface area contributed by atoms with Gasteiger partial charge in [0.1, 0.15) is 5.15 Å². The van der Waals surface area contributed by atoms with E-state index in [2.05, 4.69) is 19.4 Å². The molecule has 2 aromatic heterocycles. The van der Waals surface area contributed by atoms with E-state index in [9.17, 15) is 18.0 Å². The van der Waals surface area contributed by atoms with Gasteiger partial charge < -0.3 is 9.47 Å². The van der Waals surface area contributed by atoms with Gasteiger partial charge in [0.05, 0.1) is 25.3 Å². The van der Waals surface area contributed by atoms with Gasteiger partial charge in [-0.25, -0.2) is 28.0 Å². The number of pyridine rings is 2. The summed E-state index contributed by atoms with van der Waals surface area (Å²) in [7, 11) is -0.756. The Balaban J connectivity index is 0.000000257. The second-order valence-electron chi connectivity index (χ2n) is 4.51. The molecule has 0 saturated heterocycles. The van der Waals surface area contributed by atoms with Gasteiger partial charge in [0.2, 0.25) is 0 Å². The fourth-order valence-corrected chi connectivity index (χ4v) is 2.12. The van der Waals surface area contributed by atoms with Crippen molar-refractivity contribution in [2.45, 2.75) is 5.03 Å². The molecule has 0 aliphatic carbocycles. The molecular formula is C15H15ClN2O6S. The van der Waals surface area contributed by atoms with Crippen LogP contribution in [0.15, 0.2) is 41.7 Å². The molecular weight excluding hydrogens is 372 g/mol. The number of esters is 2. The first-order chi connectivity index (χ1) is 11.7. The van der Waals surface area contributed by atoms with Gasteiger partial charge in [0, 0.05) is 18.6 Å². The molecule has 10 heteroatoms. The fraction of sp³-hybridized carbons (Fsp3) is 0.200. The van der Waals surface area contributed by atoms with Crippen molar-refractivity contribution >= 4 is 33.4 Å². The smallest absolute Gasteiger partial charge is 0.339 e. The molecule has 8 nitrogen and oxygen atoms in total. The first-order valence-electron chi connectivity index (χ1n) is 6.63. The van der Waals surface area contributed by atoms with Gasteiger partial charge in [-0.3, -0.25) is 0 Å². The van der Waals surface area contributed by atoms with E-state index in [1.54, 1.807) is 6.07 Å². The summed E-state index contributed by atoms with van der Waals surface area (Å²) in [6, 6.07) is 5.71. The number of sulfone groups is 1. The molecule has 0 aliphatic rings. The molecule has 0 aromatic carbocycles. The van der Waals surface area contributed by atoms with Gasteiger partial charge in [-0.05, 0) is 24.3 Å². The highest BCUT2D eigenvalue weighted by molar-refractivity contribution is 7.90. The Bertz CT molecular complexity index is 835. The van der Waals surface area contributed by atoms with Crippen LogP contribution in [0.3, 0.4) is 0 Å². The minimum atomic E-state index is -3.32. The molecule has 0 bridgehead atoms. The Morgan fingerprint density at radius 2 is 1.40 bits per heavy atom. The highest BCUT2D eigenvalue weighted by atomic mass is 35.5. The van der Waals surface area contributed by atoms with Crippen LogP contribution in [-0.2, 0) is 19.3 Å². The molecule has 0 aliphatic heterocycles. The number of ether oxygens (including phenoxy) is 2. The predicted molar refractivity (Wildman–Crippen MR) is 89.3 cm³/mol. The molecule has 0 atom stereocenters. The second-order valence-corrected chi connectivity index (χ2v) is 6.86. The van der Waals surface area contributed by atoms with E-state index in [1.807, 2.05) is 0 Å². The van der Waals surface area contributed by atoms with E-state index in [-0.39, 0.29) is 10.6 Å². The summed E-state index contributed by atoms with van der Waals surface area (Å²) >= 11 is 5.50. The van der Waals surface area contributed by atoms with Gasteiger partial charge in [-0.2, -0.15) is 0 Å². The number of carbonyl (C=O) groups excluding carboxylic acids is 2. The number of hydrogen-bond donors (Lipinski definition) is 0. The Hall–Kier alpha value is -2.52. The summed E-state index contributed by atoms with van der Waals surface area (Å²) in [5.74, 6) is -0.952. The van der Waals surface area contributed by atoms with Crippen molar-refractivity contribution in [2.75, 3.05) is 20.5 Å². The highest BCUT2D eigenvalue weighted by Crippen LogP contribution is 2.07. The molecule has 0 radical (unpaired) electrons. The number of hydrogen-bond acceptors (Lipinski definition) is 8. The monoisotopic (exact) mass is 386 g/mol. The summed E-state index contributed by atoms with van der Waals surface area (Å²) in [6.45, 7) is 0. The van der Waals surface area contributed by atoms with Crippen LogP contribution < -0.4 is 0 Å². The van der Waals surface area contributed by atoms with Crippen LogP contribution in [0.1, 0.15) is 20.7 Å². The molecule has 0 unspecified atom stereocenters. The van der Waals surface area contributed by atoms with Gasteiger partial charge in [0.25, 0.3) is 0 Å². The number of carbonyl (C=O) groups is 2. The Morgan fingerprint density at radius 3 is 1.72 bits per heavy atom. The molecule has 0 fully saturated rings. The van der Waals surface area contributed by atoms with Crippen LogP contribution in [0.25, 0.3) is 0 Å². The van der Waals surface area contributed by atoms with Crippen LogP contribution in [0.5, 0.6) is 0 Å². The third kappa shape index (κ3) is 6.48. The molecule has 2 aromatic rings. The molecule has 2 heterocycles. The summed E-state index contributed by atoms with van der Waals surface area (Å²) in [4.78, 5) is 29.1. The molecule has 0 saturated carbocycles. The third-order valence-corrected chi connectivity index (χ3v) is 3.91. The van der Waals surface area contributed by atoms with Crippen LogP contribution in [0.4, 0.5) is 0 Å². The lowest BCUT2D eigenvalue weighted by Crippen LogP contribution is -2.05. The fourth-order valence-electron chi connectivity index (χ4n) is 1.45. The lowest BCUT2D eigenvalue weighted by atomic mass is 10.3. The van der Waals surface area contributed by atoms with Crippen molar-refractivity contribution in [1.29, 1.82) is 0 Å². The molecule has 134 valence electrons. The number of methoxy groups -OCH3 is 2. The minimum Gasteiger partial charge on any atom is -0.465 e. The number of rotatable bonds is 3. The molecule has 25 heavy (non-hydrogen) atoms. The van der Waals surface area contributed by atoms with Crippen LogP contribution in [0, 0.1) is 0 Å². The zero-order chi connectivity index (χ0) is 19.0. The zero-order valence-electron chi connectivity index (χ0n) is 13.6. The van der Waals surface area contributed by atoms with Crippen LogP contribution in [0.2, 0.25) is 5.15 Å². The summed E-state index contributed by atoms with van der Waals surface area (Å²) < 4.78 is 30.9. The van der Waals surface area contributed by atoms with Crippen molar-refractivity contribution in [3.05, 3.63) is 52.9 Å². The van der Waals surface area contributed by atoms with E-state index in [1.165, 1.54) is 44.8 Å². The molecule has 0 spiro atoms. The van der Waals surface area contributed by atoms with E-state index < -0.39 is 21.8 Å². The largest absolute Gasteiger partial charge is 0.465 e. The van der Waals surface area contributed by atoms with Gasteiger partial charge in [-0.1, -0.05) is 11.6 Å². The Labute approximate surface area is 149 Å². The standard InChI is InChI=1S/C8H9NO4S.C7H6ClNO2/c1-13-8(10)6-3-4-7(9-5-6)14(2,11)12;1-11-7(10)5-2-3-6(8)9-4-5/h3-5H,1-2H3;2-4H,1H3. The maximum Gasteiger partial charge on any atom is 0.339 e. The first kappa shape index (κ1) is 20.5. The van der Waals surface area contributed by atoms with Crippen molar-refractivity contribution in [3.8, 4) is 0 Å². The van der Waals surface area contributed by atoms with E-state index in [0.717, 1.165) is 6.26 Å². The predicted octanol–water partition coefficient (Wildman–Crippen LogP) is 1.79. The average Bonchev–Trinajstić information content (AvgIpc) is 2.61. The zero-order valence-corrected chi connectivity index (χ0v) is 15.2. The molecule has 2 rings (SSSR count). The van der Waals surface area contributed by atoms with Crippen LogP contribution >= 0.6 is 11.6 Å². The summed E-state index contributed by atoms with van der Waals surface area (Å²) in [5.41, 5.74) is 0.622. The lowest BCUT2D eigenvalue weighted by Gasteiger charge is -1.99. The average molecular weight is 387 g/mol. The van der Waals surface area contributed by atoms with Crippen molar-refractivity contribution < 1.29 is 27.5 Å². The Kier molecular flexibility index (Phi) is 7.46. The minimum absolute atomic E-state index is 0.0647. The molecule has 0 amide bonds. The lowest BCUT2D eigenvalue weighted by molar-refractivity contribution is 0.0591. The van der Waals surface area contributed by atoms with Crippen LogP contribution in [-0.4, -0.2) is 50.8 Å². The van der Waals surface area contributed by atoms with Crippen molar-refractivity contribution in [3.63, 3.8) is 0 Å². The van der Waals surface area contributed by atoms with Crippen molar-refractivity contribution in [1.82, 2.24) is 9.97 Å². The number of aromatic nitrogens is 2. The van der Waals surface area contributed by atoms with Crippen molar-refractivity contribution in [2.24, 2.45) is 0 Å². The van der Waals surface area contributed by atoms with E-state index in [0.29, 0.717) is 10.7 Å². The van der Waals surface area contributed by atoms with Gasteiger partial charge in [-0.15, -0.1) is 0 Å². The summed E-state index contributed by atoms with van der Waals surface area (Å²) in [5, 5.41) is 0.294. The third-order valence-electron chi connectivity index (χ3n) is 2.69. The molecule has 0 N–H and O–H groups in total. The van der Waals surface area contributed by atoms with Gasteiger partial charge >= 0.3 is 11.9 Å². The van der Waals surface area contributed by atoms with E-state index >= 15 is 0 Å². The SMILES string of the molecule is COC(=O)c1ccc(Cl)nc1.COC(=O)c1ccc(S(C)(=O)=O)nc1. The normalized spacial score (nSPS) is 10.2. The van der Waals surface area contributed by atoms with E-state index in [4.69, 9.17) is 11.6 Å². The number of nitrogens with zero attached hydrogens (tertiary/aromatic N) is 2. The second kappa shape index (κ2) is 9.09. The highest BCUT2D eigenvalue weighted by Gasteiger charge is 2.11. The first-order valence-corrected chi connectivity index (χ1v) is 8.90. The van der Waals surface area contributed by atoms with Gasteiger partial charge in [0.15, 0.2) is 14.9 Å². The maximum absolute atomic E-state index is 11.0. The topological polar surface area (TPSA) is 113 Å². The number of halogens is 1. The Morgan fingerprint density at radius 1 is 0.920 bits per heavy atom. The summed E-state index contributed by atoms with van der Waals surface area (Å²) in [6.07, 6.45) is 3.59.